The van der Waals surface area contributed by atoms with E-state index in [1.165, 1.54) is 57.9 Å². The molecule has 0 spiro atoms. The van der Waals surface area contributed by atoms with E-state index in [0.29, 0.717) is 0 Å². The van der Waals surface area contributed by atoms with E-state index in [9.17, 15) is 0 Å². The molecule has 0 aliphatic rings. The number of hydrogen-bond donors (Lipinski definition) is 0. The summed E-state index contributed by atoms with van der Waals surface area (Å²) in [5.41, 5.74) is 4.04. The first-order valence-electron chi connectivity index (χ1n) is 15.7. The maximum atomic E-state index is 4.83. The predicted molar refractivity (Wildman–Crippen MR) is 200 cm³/mol. The number of hydrogen-bond acceptors (Lipinski definition) is 3. The van der Waals surface area contributed by atoms with Crippen molar-refractivity contribution in [2.24, 2.45) is 0 Å². The molecule has 0 atom stereocenters. The Labute approximate surface area is 295 Å². The van der Waals surface area contributed by atoms with Gasteiger partial charge in [-0.1, -0.05) is 102 Å². The van der Waals surface area contributed by atoms with Crippen molar-refractivity contribution in [1.82, 2.24) is 9.97 Å². The molecule has 229 valence electrons. The average Bonchev–Trinajstić information content (AvgIpc) is 3.54. The SMILES string of the molecule is [Ir].[c-]1cc2c(cc1-c1nccc3c1ccc1c4ccccc4ccc31)sc1c3ccccc3ccc21.[c-]1ccccc1-c1ccccn1. The average molecular weight is 807 g/mol. The van der Waals surface area contributed by atoms with E-state index < -0.39 is 0 Å². The third-order valence-electron chi connectivity index (χ3n) is 8.87. The second-order valence-electron chi connectivity index (χ2n) is 11.6. The first-order chi connectivity index (χ1) is 23.3. The Morgan fingerprint density at radius 2 is 1.15 bits per heavy atom. The zero-order valence-corrected chi connectivity index (χ0v) is 28.9. The summed E-state index contributed by atoms with van der Waals surface area (Å²) in [7, 11) is 0. The van der Waals surface area contributed by atoms with Crippen molar-refractivity contribution in [3.05, 3.63) is 170 Å². The maximum Gasteiger partial charge on any atom is 0.0324 e. The van der Waals surface area contributed by atoms with Crippen LogP contribution in [0.15, 0.2) is 158 Å². The van der Waals surface area contributed by atoms with Crippen molar-refractivity contribution < 1.29 is 20.1 Å². The van der Waals surface area contributed by atoms with Crippen LogP contribution in [0.5, 0.6) is 0 Å². The van der Waals surface area contributed by atoms with Crippen LogP contribution in [0.25, 0.3) is 85.8 Å². The number of aromatic nitrogens is 2. The Hall–Kier alpha value is -5.25. The summed E-state index contributed by atoms with van der Waals surface area (Å²) in [5, 5.41) is 12.7. The number of benzene rings is 7. The Balaban J connectivity index is 0.000000220. The molecule has 0 aliphatic carbocycles. The summed E-state index contributed by atoms with van der Waals surface area (Å²) in [6.45, 7) is 0. The van der Waals surface area contributed by atoms with E-state index in [0.717, 1.165) is 27.9 Å². The molecule has 7 aromatic carbocycles. The Morgan fingerprint density at radius 3 is 1.96 bits per heavy atom. The van der Waals surface area contributed by atoms with Gasteiger partial charge in [-0.15, -0.1) is 59.7 Å². The zero-order chi connectivity index (χ0) is 31.2. The third kappa shape index (κ3) is 5.25. The molecule has 10 rings (SSSR count). The molecule has 48 heavy (non-hydrogen) atoms. The van der Waals surface area contributed by atoms with Crippen LogP contribution in [-0.2, 0) is 20.1 Å². The number of pyridine rings is 2. The number of rotatable bonds is 2. The molecule has 0 N–H and O–H groups in total. The molecule has 4 heteroatoms. The summed E-state index contributed by atoms with van der Waals surface area (Å²) < 4.78 is 2.61. The molecule has 0 fully saturated rings. The van der Waals surface area contributed by atoms with E-state index in [2.05, 4.69) is 120 Å². The second kappa shape index (κ2) is 12.7. The summed E-state index contributed by atoms with van der Waals surface area (Å²) in [6.07, 6.45) is 3.72. The van der Waals surface area contributed by atoms with Gasteiger partial charge in [0.1, 0.15) is 0 Å². The van der Waals surface area contributed by atoms with Crippen LogP contribution in [0.3, 0.4) is 0 Å². The summed E-state index contributed by atoms with van der Waals surface area (Å²) in [4.78, 5) is 9.05. The smallest absolute Gasteiger partial charge is 0.0324 e. The predicted octanol–water partition coefficient (Wildman–Crippen LogP) is 12.1. The van der Waals surface area contributed by atoms with E-state index in [1.807, 2.05) is 60.0 Å². The first-order valence-corrected chi connectivity index (χ1v) is 16.5. The zero-order valence-electron chi connectivity index (χ0n) is 25.6. The van der Waals surface area contributed by atoms with Crippen molar-refractivity contribution in [3.63, 3.8) is 0 Å². The van der Waals surface area contributed by atoms with Crippen molar-refractivity contribution in [2.75, 3.05) is 0 Å². The summed E-state index contributed by atoms with van der Waals surface area (Å²) >= 11 is 1.86. The molecule has 0 unspecified atom stereocenters. The first kappa shape index (κ1) is 30.1. The van der Waals surface area contributed by atoms with Crippen molar-refractivity contribution in [1.29, 1.82) is 0 Å². The van der Waals surface area contributed by atoms with E-state index in [1.54, 1.807) is 6.20 Å². The Morgan fingerprint density at radius 1 is 0.458 bits per heavy atom. The van der Waals surface area contributed by atoms with Crippen LogP contribution < -0.4 is 0 Å². The molecule has 3 aromatic heterocycles. The minimum absolute atomic E-state index is 0. The quantitative estimate of drug-likeness (QED) is 0.128. The normalized spacial score (nSPS) is 11.2. The maximum absolute atomic E-state index is 4.83. The number of fused-ring (bicyclic) bond motifs is 10. The Bertz CT molecular complexity index is 2700. The number of nitrogens with zero attached hydrogens (tertiary/aromatic N) is 2. The van der Waals surface area contributed by atoms with Gasteiger partial charge in [0.25, 0.3) is 0 Å². The second-order valence-corrected chi connectivity index (χ2v) is 12.6. The van der Waals surface area contributed by atoms with Crippen molar-refractivity contribution in [3.8, 4) is 22.5 Å². The molecule has 0 bridgehead atoms. The minimum Gasteiger partial charge on any atom is -0.305 e. The minimum atomic E-state index is 0. The van der Waals surface area contributed by atoms with Gasteiger partial charge < -0.3 is 9.97 Å². The van der Waals surface area contributed by atoms with Crippen LogP contribution in [0, 0.1) is 12.1 Å². The van der Waals surface area contributed by atoms with Gasteiger partial charge in [-0.25, -0.2) is 0 Å². The third-order valence-corrected chi connectivity index (χ3v) is 10.1. The standard InChI is InChI=1S/C33H18NS.C11H8N.Ir/c1-3-7-23-20(5-1)9-12-26-25(23)15-16-29-27(26)17-18-34-32(29)22-11-13-28-30-14-10-21-6-2-4-8-24(21)33(30)35-31(28)19-22;1-2-6-10(7-3-1)11-8-4-5-9-12-11;/h1-10,12-19H;1-6,8-9H;/q2*-1;. The molecular formula is C44H26IrN2S-2. The fraction of sp³-hybridized carbons (Fsp3) is 0. The molecule has 3 heterocycles. The fourth-order valence-corrected chi connectivity index (χ4v) is 7.88. The Kier molecular flexibility index (Phi) is 7.99. The van der Waals surface area contributed by atoms with Crippen molar-refractivity contribution in [2.45, 2.75) is 0 Å². The summed E-state index contributed by atoms with van der Waals surface area (Å²) in [5.74, 6) is 0. The van der Waals surface area contributed by atoms with Crippen LogP contribution >= 0.6 is 11.3 Å². The molecule has 10 aromatic rings. The van der Waals surface area contributed by atoms with Gasteiger partial charge in [-0.05, 0) is 76.7 Å². The molecule has 2 nitrogen and oxygen atoms in total. The largest absolute Gasteiger partial charge is 0.305 e. The van der Waals surface area contributed by atoms with Crippen LogP contribution in [0.1, 0.15) is 0 Å². The molecule has 0 aliphatic heterocycles. The van der Waals surface area contributed by atoms with Crippen LogP contribution in [0.2, 0.25) is 0 Å². The van der Waals surface area contributed by atoms with Gasteiger partial charge in [-0.3, -0.25) is 0 Å². The van der Waals surface area contributed by atoms with Gasteiger partial charge in [-0.2, -0.15) is 11.3 Å². The van der Waals surface area contributed by atoms with Gasteiger partial charge in [0.05, 0.1) is 0 Å². The van der Waals surface area contributed by atoms with Gasteiger partial charge >= 0.3 is 0 Å². The summed E-state index contributed by atoms with van der Waals surface area (Å²) in [6, 6.07) is 57.6. The molecular weight excluding hydrogens is 781 g/mol. The molecule has 1 radical (unpaired) electrons. The van der Waals surface area contributed by atoms with E-state index in [4.69, 9.17) is 4.98 Å². The monoisotopic (exact) mass is 807 g/mol. The number of thiophene rings is 1. The van der Waals surface area contributed by atoms with Crippen LogP contribution in [0.4, 0.5) is 0 Å². The fourth-order valence-electron chi connectivity index (χ4n) is 6.62. The van der Waals surface area contributed by atoms with Gasteiger partial charge in [0.15, 0.2) is 0 Å². The van der Waals surface area contributed by atoms with Crippen molar-refractivity contribution >= 4 is 74.6 Å². The van der Waals surface area contributed by atoms with Gasteiger partial charge in [0, 0.05) is 37.2 Å². The van der Waals surface area contributed by atoms with E-state index in [-0.39, 0.29) is 20.1 Å². The van der Waals surface area contributed by atoms with E-state index >= 15 is 0 Å². The van der Waals surface area contributed by atoms with Crippen LogP contribution in [-0.4, -0.2) is 9.97 Å². The molecule has 0 amide bonds. The molecule has 0 saturated carbocycles. The molecule has 0 saturated heterocycles. The topological polar surface area (TPSA) is 25.8 Å². The van der Waals surface area contributed by atoms with Gasteiger partial charge in [0.2, 0.25) is 0 Å².